The van der Waals surface area contributed by atoms with Crippen LogP contribution in [-0.2, 0) is 14.6 Å². The topological polar surface area (TPSA) is 89.3 Å². The van der Waals surface area contributed by atoms with E-state index < -0.39 is 21.0 Å². The Morgan fingerprint density at radius 1 is 1.47 bits per heavy atom. The molecule has 1 amide bonds. The van der Waals surface area contributed by atoms with Crippen LogP contribution in [0.25, 0.3) is 0 Å². The Hall–Kier alpha value is -1.27. The van der Waals surface area contributed by atoms with Gasteiger partial charge in [-0.3, -0.25) is 4.79 Å². The number of amides is 1. The van der Waals surface area contributed by atoms with Crippen LogP contribution in [0.1, 0.15) is 20.3 Å². The Labute approximate surface area is 118 Å². The normalized spacial score (nSPS) is 13.0. The average Bonchev–Trinajstić information content (AvgIpc) is 2.31. The van der Waals surface area contributed by atoms with E-state index in [1.807, 2.05) is 0 Å². The van der Waals surface area contributed by atoms with Gasteiger partial charge < -0.3 is 11.1 Å². The average molecular weight is 305 g/mol. The zero-order chi connectivity index (χ0) is 14.6. The summed E-state index contributed by atoms with van der Waals surface area (Å²) in [5, 5.41) is 1.66. The van der Waals surface area contributed by atoms with Gasteiger partial charge in [-0.25, -0.2) is 8.42 Å². The van der Waals surface area contributed by atoms with Crippen molar-refractivity contribution in [3.05, 3.63) is 23.2 Å². The van der Waals surface area contributed by atoms with E-state index in [2.05, 4.69) is 5.32 Å². The monoisotopic (exact) mass is 304 g/mol. The smallest absolute Gasteiger partial charge is 0.242 e. The summed E-state index contributed by atoms with van der Waals surface area (Å²) in [5.41, 5.74) is 6.35. The molecule has 0 aliphatic rings. The summed E-state index contributed by atoms with van der Waals surface area (Å²) in [6.45, 7) is 3.12. The number of carbonyl (C=O) groups is 1. The quantitative estimate of drug-likeness (QED) is 0.815. The van der Waals surface area contributed by atoms with Gasteiger partial charge in [-0.15, -0.1) is 0 Å². The molecule has 0 saturated heterocycles. The van der Waals surface area contributed by atoms with Crippen molar-refractivity contribution >= 4 is 38.7 Å². The summed E-state index contributed by atoms with van der Waals surface area (Å²) < 4.78 is 23.6. The molecule has 0 aliphatic carbocycles. The molecule has 106 valence electrons. The zero-order valence-electron chi connectivity index (χ0n) is 10.8. The van der Waals surface area contributed by atoms with E-state index in [-0.39, 0.29) is 10.8 Å². The first-order valence-corrected chi connectivity index (χ1v) is 7.94. The molecule has 0 fully saturated rings. The number of hydrogen-bond donors (Lipinski definition) is 2. The number of nitrogens with one attached hydrogen (secondary N) is 1. The molecule has 0 saturated carbocycles. The minimum absolute atomic E-state index is 0.0168. The van der Waals surface area contributed by atoms with Crippen LogP contribution in [-0.4, -0.2) is 25.3 Å². The minimum Gasteiger partial charge on any atom is -0.399 e. The van der Waals surface area contributed by atoms with Crippen LogP contribution in [0.2, 0.25) is 5.02 Å². The molecule has 1 aromatic carbocycles. The fourth-order valence-corrected chi connectivity index (χ4v) is 3.04. The van der Waals surface area contributed by atoms with Crippen molar-refractivity contribution in [1.29, 1.82) is 0 Å². The van der Waals surface area contributed by atoms with Crippen LogP contribution >= 0.6 is 11.6 Å². The van der Waals surface area contributed by atoms with Crippen LogP contribution in [0.5, 0.6) is 0 Å². The maximum atomic E-state index is 11.9. The van der Waals surface area contributed by atoms with Crippen LogP contribution in [0.4, 0.5) is 11.4 Å². The van der Waals surface area contributed by atoms with E-state index in [0.29, 0.717) is 17.8 Å². The first-order chi connectivity index (χ1) is 8.77. The maximum absolute atomic E-state index is 11.9. The number of benzene rings is 1. The molecule has 0 aromatic heterocycles. The standard InChI is InChI=1S/C12H17ClN2O3S/c1-3-6-19(17,18)8(2)12(16)15-11-5-4-9(14)7-10(11)13/h4-5,7-8H,3,6,14H2,1-2H3,(H,15,16). The first-order valence-electron chi connectivity index (χ1n) is 5.85. The maximum Gasteiger partial charge on any atom is 0.242 e. The molecule has 1 rings (SSSR count). The fourth-order valence-electron chi connectivity index (χ4n) is 1.49. The van der Waals surface area contributed by atoms with E-state index in [1.54, 1.807) is 13.0 Å². The molecule has 0 aliphatic heterocycles. The molecule has 7 heteroatoms. The number of anilines is 2. The summed E-state index contributed by atoms with van der Waals surface area (Å²) in [5.74, 6) is -0.614. The van der Waals surface area contributed by atoms with Crippen molar-refractivity contribution in [3.8, 4) is 0 Å². The highest BCUT2D eigenvalue weighted by atomic mass is 35.5. The molecule has 5 nitrogen and oxygen atoms in total. The van der Waals surface area contributed by atoms with Crippen LogP contribution < -0.4 is 11.1 Å². The van der Waals surface area contributed by atoms with Gasteiger partial charge in [0.1, 0.15) is 5.25 Å². The van der Waals surface area contributed by atoms with Gasteiger partial charge in [-0.2, -0.15) is 0 Å². The third-order valence-corrected chi connectivity index (χ3v) is 5.23. The predicted molar refractivity (Wildman–Crippen MR) is 78.0 cm³/mol. The number of rotatable bonds is 5. The Balaban J connectivity index is 2.85. The lowest BCUT2D eigenvalue weighted by Crippen LogP contribution is -2.34. The number of sulfone groups is 1. The molecule has 0 bridgehead atoms. The molecular formula is C12H17ClN2O3S. The molecule has 0 radical (unpaired) electrons. The lowest BCUT2D eigenvalue weighted by Gasteiger charge is -2.13. The van der Waals surface area contributed by atoms with Gasteiger partial charge in [-0.1, -0.05) is 18.5 Å². The van der Waals surface area contributed by atoms with Gasteiger partial charge in [0, 0.05) is 5.69 Å². The molecule has 0 heterocycles. The molecule has 1 aromatic rings. The Morgan fingerprint density at radius 2 is 2.11 bits per heavy atom. The van der Waals surface area contributed by atoms with Crippen molar-refractivity contribution in [2.45, 2.75) is 25.5 Å². The zero-order valence-corrected chi connectivity index (χ0v) is 12.4. The van der Waals surface area contributed by atoms with Crippen molar-refractivity contribution in [2.75, 3.05) is 16.8 Å². The molecule has 0 spiro atoms. The van der Waals surface area contributed by atoms with E-state index in [0.717, 1.165) is 0 Å². The van der Waals surface area contributed by atoms with Gasteiger partial charge in [0.15, 0.2) is 9.84 Å². The van der Waals surface area contributed by atoms with Crippen molar-refractivity contribution in [1.82, 2.24) is 0 Å². The number of hydrogen-bond acceptors (Lipinski definition) is 4. The minimum atomic E-state index is -3.43. The summed E-state index contributed by atoms with van der Waals surface area (Å²) in [7, 11) is -3.43. The fraction of sp³-hybridized carbons (Fsp3) is 0.417. The van der Waals surface area contributed by atoms with Crippen LogP contribution in [0, 0.1) is 0 Å². The summed E-state index contributed by atoms with van der Waals surface area (Å²) in [6.07, 6.45) is 0.475. The number of nitrogens with two attached hydrogens (primary N) is 1. The largest absolute Gasteiger partial charge is 0.399 e. The second-order valence-corrected chi connectivity index (χ2v) is 7.09. The Morgan fingerprint density at radius 3 is 2.63 bits per heavy atom. The highest BCUT2D eigenvalue weighted by Crippen LogP contribution is 2.24. The van der Waals surface area contributed by atoms with E-state index in [9.17, 15) is 13.2 Å². The predicted octanol–water partition coefficient (Wildman–Crippen LogP) is 2.07. The third-order valence-electron chi connectivity index (χ3n) is 2.65. The highest BCUT2D eigenvalue weighted by Gasteiger charge is 2.27. The summed E-state index contributed by atoms with van der Waals surface area (Å²) in [4.78, 5) is 11.9. The van der Waals surface area contributed by atoms with Gasteiger partial charge in [0.2, 0.25) is 5.91 Å². The number of nitrogen functional groups attached to an aromatic ring is 1. The molecule has 1 unspecified atom stereocenters. The van der Waals surface area contributed by atoms with E-state index >= 15 is 0 Å². The van der Waals surface area contributed by atoms with Crippen molar-refractivity contribution in [3.63, 3.8) is 0 Å². The molecular weight excluding hydrogens is 288 g/mol. The second-order valence-electron chi connectivity index (χ2n) is 4.24. The second kappa shape index (κ2) is 6.25. The molecule has 1 atom stereocenters. The van der Waals surface area contributed by atoms with E-state index in [1.165, 1.54) is 19.1 Å². The number of halogens is 1. The van der Waals surface area contributed by atoms with Gasteiger partial charge >= 0.3 is 0 Å². The van der Waals surface area contributed by atoms with Crippen molar-refractivity contribution in [2.24, 2.45) is 0 Å². The first kappa shape index (κ1) is 15.8. The lowest BCUT2D eigenvalue weighted by molar-refractivity contribution is -0.115. The number of carbonyl (C=O) groups excluding carboxylic acids is 1. The van der Waals surface area contributed by atoms with Crippen LogP contribution in [0.3, 0.4) is 0 Å². The van der Waals surface area contributed by atoms with Gasteiger partial charge in [0.25, 0.3) is 0 Å². The molecule has 19 heavy (non-hydrogen) atoms. The SMILES string of the molecule is CCCS(=O)(=O)C(C)C(=O)Nc1ccc(N)cc1Cl. The Bertz CT molecular complexity index is 572. The van der Waals surface area contributed by atoms with E-state index in [4.69, 9.17) is 17.3 Å². The summed E-state index contributed by atoms with van der Waals surface area (Å²) >= 11 is 5.91. The lowest BCUT2D eigenvalue weighted by atomic mass is 10.2. The Kier molecular flexibility index (Phi) is 5.20. The van der Waals surface area contributed by atoms with Crippen molar-refractivity contribution < 1.29 is 13.2 Å². The third kappa shape index (κ3) is 4.11. The molecule has 3 N–H and O–H groups in total. The van der Waals surface area contributed by atoms with Gasteiger partial charge in [-0.05, 0) is 31.5 Å². The van der Waals surface area contributed by atoms with Crippen LogP contribution in [0.15, 0.2) is 18.2 Å². The van der Waals surface area contributed by atoms with Gasteiger partial charge in [0.05, 0.1) is 16.5 Å². The summed E-state index contributed by atoms with van der Waals surface area (Å²) in [6, 6.07) is 4.60. The highest BCUT2D eigenvalue weighted by molar-refractivity contribution is 7.92.